The summed E-state index contributed by atoms with van der Waals surface area (Å²) in [5, 5.41) is 50.1. The minimum atomic E-state index is -5.01. The zero-order valence-corrected chi connectivity index (χ0v) is 35.8. The van der Waals surface area contributed by atoms with Gasteiger partial charge in [0.1, 0.15) is 42.7 Å². The van der Waals surface area contributed by atoms with E-state index in [1.54, 1.807) is 0 Å². The van der Waals surface area contributed by atoms with Crippen LogP contribution in [0.4, 0.5) is 0 Å². The second kappa shape index (κ2) is 34.7. The standard InChI is InChI=1S/C43H81O12P/c1-3-5-7-9-11-13-15-16-17-18-19-20-21-23-25-27-29-31-33-52-34-36(54-37(44)32-30-28-26-24-22-14-12-10-8-6-4-2)35-53-56(50,51)55-43-41(48)39(46)38(45)40(47)42(43)49/h11,13,16-17,36,38-43,45-49H,3-10,12,14-15,18-35H2,1-2H3,(H,50,51)/b13-11-,17-16-. The normalized spacial score (nSPS) is 23.2. The molecule has 0 saturated heterocycles. The number of ether oxygens (including phenoxy) is 2. The van der Waals surface area contributed by atoms with E-state index in [1.165, 1.54) is 96.3 Å². The molecule has 1 rings (SSSR count). The van der Waals surface area contributed by atoms with Gasteiger partial charge < -0.3 is 39.9 Å². The van der Waals surface area contributed by atoms with Gasteiger partial charge in [0.15, 0.2) is 0 Å². The van der Waals surface area contributed by atoms with Gasteiger partial charge in [-0.3, -0.25) is 13.8 Å². The second-order valence-corrected chi connectivity index (χ2v) is 17.0. The molecule has 56 heavy (non-hydrogen) atoms. The lowest BCUT2D eigenvalue weighted by molar-refractivity contribution is -0.220. The van der Waals surface area contributed by atoms with Crippen LogP contribution in [0.25, 0.3) is 0 Å². The fraction of sp³-hybridized carbons (Fsp3) is 0.884. The van der Waals surface area contributed by atoms with Crippen molar-refractivity contribution in [2.75, 3.05) is 19.8 Å². The molecule has 330 valence electrons. The number of aliphatic hydroxyl groups excluding tert-OH is 5. The molecule has 0 aromatic carbocycles. The zero-order valence-electron chi connectivity index (χ0n) is 34.9. The number of phosphoric acid groups is 1. The summed E-state index contributed by atoms with van der Waals surface area (Å²) >= 11 is 0. The highest BCUT2D eigenvalue weighted by atomic mass is 31.2. The number of unbranched alkanes of at least 4 members (excludes halogenated alkanes) is 21. The Morgan fingerprint density at radius 3 is 1.54 bits per heavy atom. The molecule has 0 aromatic heterocycles. The molecule has 0 heterocycles. The van der Waals surface area contributed by atoms with Crippen LogP contribution in [-0.2, 0) is 27.9 Å². The predicted octanol–water partition coefficient (Wildman–Crippen LogP) is 8.53. The fourth-order valence-corrected chi connectivity index (χ4v) is 7.71. The number of rotatable bonds is 37. The Labute approximate surface area is 339 Å². The lowest BCUT2D eigenvalue weighted by Crippen LogP contribution is -2.64. The van der Waals surface area contributed by atoms with Crippen LogP contribution in [0.3, 0.4) is 0 Å². The number of phosphoric ester groups is 1. The van der Waals surface area contributed by atoms with Gasteiger partial charge in [-0.2, -0.15) is 0 Å². The van der Waals surface area contributed by atoms with Gasteiger partial charge >= 0.3 is 13.8 Å². The molecule has 1 saturated carbocycles. The zero-order chi connectivity index (χ0) is 41.3. The molecular weight excluding hydrogens is 739 g/mol. The van der Waals surface area contributed by atoms with Crippen molar-refractivity contribution in [3.05, 3.63) is 24.3 Å². The smallest absolute Gasteiger partial charge is 0.457 e. The third kappa shape index (κ3) is 26.7. The Morgan fingerprint density at radius 2 is 1.00 bits per heavy atom. The highest BCUT2D eigenvalue weighted by molar-refractivity contribution is 7.47. The summed E-state index contributed by atoms with van der Waals surface area (Å²) in [6.07, 6.45) is 25.4. The van der Waals surface area contributed by atoms with E-state index in [0.717, 1.165) is 57.8 Å². The monoisotopic (exact) mass is 821 g/mol. The van der Waals surface area contributed by atoms with E-state index < -0.39 is 63.1 Å². The maximum absolute atomic E-state index is 12.8. The van der Waals surface area contributed by atoms with Crippen molar-refractivity contribution >= 4 is 13.8 Å². The average molecular weight is 821 g/mol. The van der Waals surface area contributed by atoms with Gasteiger partial charge in [0.25, 0.3) is 0 Å². The van der Waals surface area contributed by atoms with Crippen molar-refractivity contribution in [1.82, 2.24) is 0 Å². The largest absolute Gasteiger partial charge is 0.472 e. The maximum atomic E-state index is 12.8. The SMILES string of the molecule is CCCCC/C=C\C/C=C\CCCCCCCCCCOCC(COP(=O)(O)OC1C(O)C(O)C(O)C(O)C1O)OC(=O)CCCCCCCCCCCCC. The molecule has 6 atom stereocenters. The highest BCUT2D eigenvalue weighted by Gasteiger charge is 2.51. The van der Waals surface area contributed by atoms with Crippen molar-refractivity contribution < 1.29 is 58.3 Å². The van der Waals surface area contributed by atoms with Crippen LogP contribution < -0.4 is 0 Å². The Balaban J connectivity index is 2.39. The van der Waals surface area contributed by atoms with Crippen molar-refractivity contribution in [3.63, 3.8) is 0 Å². The van der Waals surface area contributed by atoms with Crippen LogP contribution in [0.15, 0.2) is 24.3 Å². The summed E-state index contributed by atoms with van der Waals surface area (Å²) < 4.78 is 34.1. The van der Waals surface area contributed by atoms with Gasteiger partial charge in [0.2, 0.25) is 0 Å². The van der Waals surface area contributed by atoms with E-state index in [4.69, 9.17) is 18.5 Å². The number of hydrogen-bond donors (Lipinski definition) is 6. The minimum absolute atomic E-state index is 0.0774. The van der Waals surface area contributed by atoms with E-state index in [0.29, 0.717) is 13.0 Å². The fourth-order valence-electron chi connectivity index (χ4n) is 6.74. The first kappa shape index (κ1) is 52.8. The number of carbonyl (C=O) groups excluding carboxylic acids is 1. The molecule has 6 unspecified atom stereocenters. The van der Waals surface area contributed by atoms with Gasteiger partial charge in [-0.15, -0.1) is 0 Å². The van der Waals surface area contributed by atoms with Gasteiger partial charge in [-0.1, -0.05) is 154 Å². The number of allylic oxidation sites excluding steroid dienone is 4. The summed E-state index contributed by atoms with van der Waals surface area (Å²) in [5.41, 5.74) is 0. The van der Waals surface area contributed by atoms with E-state index in [-0.39, 0.29) is 13.0 Å². The minimum Gasteiger partial charge on any atom is -0.457 e. The molecule has 6 N–H and O–H groups in total. The quantitative estimate of drug-likeness (QED) is 0.0152. The van der Waals surface area contributed by atoms with Crippen molar-refractivity contribution in [2.45, 2.75) is 224 Å². The van der Waals surface area contributed by atoms with Gasteiger partial charge in [0, 0.05) is 13.0 Å². The highest BCUT2D eigenvalue weighted by Crippen LogP contribution is 2.47. The number of hydrogen-bond acceptors (Lipinski definition) is 11. The first-order valence-electron chi connectivity index (χ1n) is 22.2. The summed E-state index contributed by atoms with van der Waals surface area (Å²) in [6.45, 7) is 4.21. The Bertz CT molecular complexity index is 1030. The van der Waals surface area contributed by atoms with Crippen LogP contribution >= 0.6 is 7.82 Å². The van der Waals surface area contributed by atoms with E-state index in [1.807, 2.05) is 0 Å². The first-order chi connectivity index (χ1) is 27.0. The van der Waals surface area contributed by atoms with E-state index >= 15 is 0 Å². The van der Waals surface area contributed by atoms with Gasteiger partial charge in [0.05, 0.1) is 13.2 Å². The summed E-state index contributed by atoms with van der Waals surface area (Å²) in [5.74, 6) is -0.480. The summed E-state index contributed by atoms with van der Waals surface area (Å²) in [7, 11) is -5.01. The first-order valence-corrected chi connectivity index (χ1v) is 23.7. The molecule has 1 aliphatic rings. The van der Waals surface area contributed by atoms with Crippen molar-refractivity contribution in [1.29, 1.82) is 0 Å². The Kier molecular flexibility index (Phi) is 32.7. The summed E-state index contributed by atoms with van der Waals surface area (Å²) in [4.78, 5) is 23.1. The van der Waals surface area contributed by atoms with Crippen LogP contribution in [0.2, 0.25) is 0 Å². The Morgan fingerprint density at radius 1 is 0.571 bits per heavy atom. The lowest BCUT2D eigenvalue weighted by Gasteiger charge is -2.41. The molecular formula is C43H81O12P. The van der Waals surface area contributed by atoms with Crippen LogP contribution in [0.1, 0.15) is 181 Å². The molecule has 0 spiro atoms. The second-order valence-electron chi connectivity index (χ2n) is 15.6. The molecule has 0 radical (unpaired) electrons. The van der Waals surface area contributed by atoms with Crippen LogP contribution in [0, 0.1) is 0 Å². The topological polar surface area (TPSA) is 192 Å². The summed E-state index contributed by atoms with van der Waals surface area (Å²) in [6, 6.07) is 0. The molecule has 13 heteroatoms. The molecule has 1 aliphatic carbocycles. The average Bonchev–Trinajstić information content (AvgIpc) is 3.18. The number of esters is 1. The number of carbonyl (C=O) groups is 1. The van der Waals surface area contributed by atoms with Crippen molar-refractivity contribution in [3.8, 4) is 0 Å². The molecule has 1 fully saturated rings. The maximum Gasteiger partial charge on any atom is 0.472 e. The molecule has 12 nitrogen and oxygen atoms in total. The van der Waals surface area contributed by atoms with E-state index in [2.05, 4.69) is 38.2 Å². The molecule has 0 bridgehead atoms. The van der Waals surface area contributed by atoms with Crippen LogP contribution in [0.5, 0.6) is 0 Å². The van der Waals surface area contributed by atoms with Gasteiger partial charge in [-0.25, -0.2) is 4.57 Å². The third-order valence-corrected chi connectivity index (χ3v) is 11.3. The van der Waals surface area contributed by atoms with Crippen molar-refractivity contribution in [2.24, 2.45) is 0 Å². The molecule has 0 amide bonds. The Hall–Kier alpha value is -1.18. The molecule has 0 aromatic rings. The predicted molar refractivity (Wildman–Crippen MR) is 221 cm³/mol. The third-order valence-electron chi connectivity index (χ3n) is 10.3. The van der Waals surface area contributed by atoms with E-state index in [9.17, 15) is 39.8 Å². The van der Waals surface area contributed by atoms with Crippen LogP contribution in [-0.4, -0.2) is 98.9 Å². The number of aliphatic hydroxyl groups is 5. The lowest BCUT2D eigenvalue weighted by atomic mass is 9.85. The van der Waals surface area contributed by atoms with Gasteiger partial charge in [-0.05, 0) is 44.9 Å². The molecule has 0 aliphatic heterocycles.